The van der Waals surface area contributed by atoms with Crippen LogP contribution in [0.25, 0.3) is 0 Å². The molecule has 1 aromatic heterocycles. The topological polar surface area (TPSA) is 65.1 Å². The third-order valence-electron chi connectivity index (χ3n) is 3.00. The molecule has 0 amide bonds. The summed E-state index contributed by atoms with van der Waals surface area (Å²) in [5.74, 6) is 0.619. The van der Waals surface area contributed by atoms with Crippen molar-refractivity contribution < 1.29 is 13.5 Å². The molecule has 0 aliphatic heterocycles. The zero-order valence-electron chi connectivity index (χ0n) is 11.9. The smallest absolute Gasteiger partial charge is 0.387 e. The van der Waals surface area contributed by atoms with Crippen molar-refractivity contribution in [2.45, 2.75) is 26.4 Å². The van der Waals surface area contributed by atoms with Crippen molar-refractivity contribution >= 4 is 17.2 Å². The highest BCUT2D eigenvalue weighted by atomic mass is 19.3. The van der Waals surface area contributed by atoms with Gasteiger partial charge in [-0.25, -0.2) is 0 Å². The van der Waals surface area contributed by atoms with E-state index in [0.29, 0.717) is 17.2 Å². The quantitative estimate of drug-likeness (QED) is 0.858. The molecule has 0 radical (unpaired) electrons. The zero-order valence-corrected chi connectivity index (χ0v) is 11.9. The van der Waals surface area contributed by atoms with Crippen molar-refractivity contribution in [3.63, 3.8) is 0 Å². The van der Waals surface area contributed by atoms with Crippen molar-refractivity contribution in [1.82, 2.24) is 9.78 Å². The van der Waals surface area contributed by atoms with E-state index < -0.39 is 6.61 Å². The van der Waals surface area contributed by atoms with Gasteiger partial charge in [0, 0.05) is 7.05 Å². The van der Waals surface area contributed by atoms with Crippen molar-refractivity contribution in [1.29, 1.82) is 0 Å². The van der Waals surface area contributed by atoms with Crippen LogP contribution in [0.4, 0.5) is 26.0 Å². The van der Waals surface area contributed by atoms with Gasteiger partial charge in [0.15, 0.2) is 5.82 Å². The Bertz CT molecular complexity index is 613. The lowest BCUT2D eigenvalue weighted by Crippen LogP contribution is -2.06. The van der Waals surface area contributed by atoms with Crippen LogP contribution in [-0.4, -0.2) is 16.4 Å². The van der Waals surface area contributed by atoms with Gasteiger partial charge in [-0.05, 0) is 18.6 Å². The van der Waals surface area contributed by atoms with E-state index in [0.717, 1.165) is 18.5 Å². The normalized spacial score (nSPS) is 10.9. The van der Waals surface area contributed by atoms with Crippen molar-refractivity contribution in [3.8, 4) is 5.75 Å². The van der Waals surface area contributed by atoms with E-state index in [1.165, 1.54) is 6.07 Å². The number of nitrogens with two attached hydrogens (primary N) is 1. The van der Waals surface area contributed by atoms with E-state index in [9.17, 15) is 8.78 Å². The molecule has 0 saturated heterocycles. The molecular formula is C14H18F2N4O. The van der Waals surface area contributed by atoms with Crippen LogP contribution < -0.4 is 15.8 Å². The maximum absolute atomic E-state index is 12.4. The molecule has 0 saturated carbocycles. The number of hydrogen-bond acceptors (Lipinski definition) is 4. The average Bonchev–Trinajstić information content (AvgIpc) is 2.68. The number of anilines is 3. The molecule has 2 aromatic rings. The van der Waals surface area contributed by atoms with Crippen molar-refractivity contribution in [3.05, 3.63) is 30.0 Å². The van der Waals surface area contributed by atoms with Crippen LogP contribution in [0.1, 0.15) is 19.0 Å². The minimum absolute atomic E-state index is 0.0603. The summed E-state index contributed by atoms with van der Waals surface area (Å²) in [7, 11) is 1.74. The Morgan fingerprint density at radius 3 is 2.76 bits per heavy atom. The predicted octanol–water partition coefficient (Wildman–Crippen LogP) is 3.30. The number of aryl methyl sites for hydroxylation is 2. The van der Waals surface area contributed by atoms with Gasteiger partial charge < -0.3 is 15.8 Å². The monoisotopic (exact) mass is 296 g/mol. The Morgan fingerprint density at radius 2 is 2.10 bits per heavy atom. The Balaban J connectivity index is 2.30. The van der Waals surface area contributed by atoms with E-state index in [2.05, 4.69) is 15.2 Å². The Morgan fingerprint density at radius 1 is 1.38 bits per heavy atom. The maximum Gasteiger partial charge on any atom is 0.387 e. The first-order chi connectivity index (χ1) is 10.0. The van der Waals surface area contributed by atoms with Gasteiger partial charge in [0.05, 0.1) is 17.1 Å². The molecule has 7 heteroatoms. The van der Waals surface area contributed by atoms with Gasteiger partial charge in [-0.2, -0.15) is 13.9 Å². The largest absolute Gasteiger partial charge is 0.433 e. The summed E-state index contributed by atoms with van der Waals surface area (Å²) in [5, 5.41) is 7.34. The highest BCUT2D eigenvalue weighted by Crippen LogP contribution is 2.32. The number of halogens is 2. The van der Waals surface area contributed by atoms with E-state index >= 15 is 0 Å². The lowest BCUT2D eigenvalue weighted by molar-refractivity contribution is -0.0493. The number of aromatic nitrogens is 2. The Labute approximate surface area is 121 Å². The van der Waals surface area contributed by atoms with Crippen LogP contribution in [0.15, 0.2) is 24.3 Å². The van der Waals surface area contributed by atoms with Crippen LogP contribution in [0.5, 0.6) is 5.75 Å². The van der Waals surface area contributed by atoms with Gasteiger partial charge in [0.1, 0.15) is 5.75 Å². The summed E-state index contributed by atoms with van der Waals surface area (Å²) in [6.07, 6.45) is 1.68. The second-order valence-corrected chi connectivity index (χ2v) is 4.58. The summed E-state index contributed by atoms with van der Waals surface area (Å²) in [4.78, 5) is 0. The van der Waals surface area contributed by atoms with Crippen LogP contribution in [-0.2, 0) is 13.5 Å². The minimum atomic E-state index is -2.88. The molecule has 1 heterocycles. The van der Waals surface area contributed by atoms with Gasteiger partial charge in [0.2, 0.25) is 0 Å². The van der Waals surface area contributed by atoms with E-state index in [-0.39, 0.29) is 5.75 Å². The third kappa shape index (κ3) is 3.42. The van der Waals surface area contributed by atoms with E-state index in [1.54, 1.807) is 29.9 Å². The fraction of sp³-hybridized carbons (Fsp3) is 0.357. The number of nitrogens with one attached hydrogen (secondary N) is 1. The van der Waals surface area contributed by atoms with Crippen molar-refractivity contribution in [2.75, 3.05) is 11.1 Å². The fourth-order valence-electron chi connectivity index (χ4n) is 2.06. The zero-order chi connectivity index (χ0) is 15.4. The molecule has 0 aliphatic rings. The number of ether oxygens (including phenoxy) is 1. The third-order valence-corrected chi connectivity index (χ3v) is 3.00. The lowest BCUT2D eigenvalue weighted by Gasteiger charge is -2.13. The summed E-state index contributed by atoms with van der Waals surface area (Å²) in [6, 6.07) is 6.45. The highest BCUT2D eigenvalue weighted by molar-refractivity contribution is 5.74. The van der Waals surface area contributed by atoms with Crippen LogP contribution in [0.3, 0.4) is 0 Å². The molecule has 0 atom stereocenters. The molecule has 3 N–H and O–H groups in total. The molecule has 5 nitrogen and oxygen atoms in total. The molecule has 0 fully saturated rings. The molecule has 0 bridgehead atoms. The average molecular weight is 296 g/mol. The standard InChI is InChI=1S/C14H18F2N4O/c1-3-6-10-12(17)13(20(2)19-10)18-9-7-4-5-8-11(9)21-14(15)16/h4-5,7-8,14,18H,3,6,17H2,1-2H3. The number of hydrogen-bond donors (Lipinski definition) is 2. The first-order valence-electron chi connectivity index (χ1n) is 6.65. The van der Waals surface area contributed by atoms with Gasteiger partial charge in [0.25, 0.3) is 0 Å². The summed E-state index contributed by atoms with van der Waals surface area (Å²) >= 11 is 0. The van der Waals surface area contributed by atoms with Crippen LogP contribution in [0.2, 0.25) is 0 Å². The predicted molar refractivity (Wildman–Crippen MR) is 78.0 cm³/mol. The first-order valence-corrected chi connectivity index (χ1v) is 6.65. The molecule has 2 rings (SSSR count). The SMILES string of the molecule is CCCc1nn(C)c(Nc2ccccc2OC(F)F)c1N. The second kappa shape index (κ2) is 6.43. The minimum Gasteiger partial charge on any atom is -0.433 e. The summed E-state index contributed by atoms with van der Waals surface area (Å²) in [5.41, 5.74) is 7.77. The number of rotatable bonds is 6. The maximum atomic E-state index is 12.4. The molecule has 0 aliphatic carbocycles. The van der Waals surface area contributed by atoms with Gasteiger partial charge in [-0.15, -0.1) is 0 Å². The van der Waals surface area contributed by atoms with E-state index in [4.69, 9.17) is 5.73 Å². The highest BCUT2D eigenvalue weighted by Gasteiger charge is 2.15. The molecule has 0 spiro atoms. The van der Waals surface area contributed by atoms with Gasteiger partial charge in [-0.1, -0.05) is 25.5 Å². The fourth-order valence-corrected chi connectivity index (χ4v) is 2.06. The van der Waals surface area contributed by atoms with Gasteiger partial charge >= 0.3 is 6.61 Å². The van der Waals surface area contributed by atoms with Gasteiger partial charge in [-0.3, -0.25) is 4.68 Å². The first kappa shape index (κ1) is 15.1. The molecule has 21 heavy (non-hydrogen) atoms. The number of alkyl halides is 2. The Hall–Kier alpha value is -2.31. The number of nitrogens with zero attached hydrogens (tertiary/aromatic N) is 2. The lowest BCUT2D eigenvalue weighted by atomic mass is 10.2. The number of nitrogen functional groups attached to an aromatic ring is 1. The Kier molecular flexibility index (Phi) is 4.62. The number of benzene rings is 1. The van der Waals surface area contributed by atoms with Crippen LogP contribution in [0, 0.1) is 0 Å². The van der Waals surface area contributed by atoms with Crippen molar-refractivity contribution in [2.24, 2.45) is 7.05 Å². The van der Waals surface area contributed by atoms with Crippen LogP contribution >= 0.6 is 0 Å². The summed E-state index contributed by atoms with van der Waals surface area (Å²) < 4.78 is 30.9. The van der Waals surface area contributed by atoms with E-state index in [1.807, 2.05) is 6.92 Å². The second-order valence-electron chi connectivity index (χ2n) is 4.58. The molecule has 114 valence electrons. The number of para-hydroxylation sites is 2. The molecule has 1 aromatic carbocycles. The molecular weight excluding hydrogens is 278 g/mol. The molecule has 0 unspecified atom stereocenters. The summed E-state index contributed by atoms with van der Waals surface area (Å²) in [6.45, 7) is -0.847.